The third-order valence-electron chi connectivity index (χ3n) is 3.06. The smallest absolute Gasteiger partial charge is 0.238 e. The number of hydrogen-bond acceptors (Lipinski definition) is 4. The minimum absolute atomic E-state index is 0.0220. The van der Waals surface area contributed by atoms with Crippen LogP contribution in [0.2, 0.25) is 0 Å². The number of aliphatic hydroxyl groups excluding tert-OH is 1. The van der Waals surface area contributed by atoms with Gasteiger partial charge in [-0.2, -0.15) is 0 Å². The molecule has 0 saturated carbocycles. The molecule has 20 heavy (non-hydrogen) atoms. The molecule has 0 heterocycles. The van der Waals surface area contributed by atoms with Gasteiger partial charge in [-0.25, -0.2) is 17.9 Å². The molecule has 4 N–H and O–H groups in total. The van der Waals surface area contributed by atoms with Crippen molar-refractivity contribution in [3.05, 3.63) is 24.0 Å². The van der Waals surface area contributed by atoms with Crippen LogP contribution in [0, 0.1) is 11.2 Å². The molecule has 5 nitrogen and oxygen atoms in total. The van der Waals surface area contributed by atoms with Crippen molar-refractivity contribution in [3.8, 4) is 0 Å². The highest BCUT2D eigenvalue weighted by Crippen LogP contribution is 2.27. The van der Waals surface area contributed by atoms with Gasteiger partial charge in [-0.15, -0.1) is 0 Å². The minimum atomic E-state index is -3.92. The third kappa shape index (κ3) is 4.43. The van der Waals surface area contributed by atoms with Crippen molar-refractivity contribution in [3.63, 3.8) is 0 Å². The molecule has 0 aliphatic rings. The number of hydrogen-bond donors (Lipinski definition) is 3. The maximum Gasteiger partial charge on any atom is 0.238 e. The lowest BCUT2D eigenvalue weighted by atomic mass is 9.85. The van der Waals surface area contributed by atoms with Gasteiger partial charge in [0.2, 0.25) is 10.0 Å². The largest absolute Gasteiger partial charge is 0.396 e. The molecule has 1 aromatic rings. The number of aliphatic hydroxyl groups is 1. The van der Waals surface area contributed by atoms with Gasteiger partial charge in [-0.05, 0) is 30.0 Å². The van der Waals surface area contributed by atoms with E-state index < -0.39 is 15.8 Å². The van der Waals surface area contributed by atoms with E-state index in [0.29, 0.717) is 6.42 Å². The fourth-order valence-electron chi connectivity index (χ4n) is 1.83. The average molecular weight is 304 g/mol. The van der Waals surface area contributed by atoms with E-state index in [-0.39, 0.29) is 28.6 Å². The van der Waals surface area contributed by atoms with E-state index in [4.69, 9.17) is 10.2 Å². The van der Waals surface area contributed by atoms with Crippen LogP contribution in [0.4, 0.5) is 10.1 Å². The first-order valence-electron chi connectivity index (χ1n) is 6.25. The molecule has 0 spiro atoms. The lowest BCUT2D eigenvalue weighted by Gasteiger charge is -2.32. The fraction of sp³-hybridized carbons (Fsp3) is 0.538. The number of sulfonamides is 1. The van der Waals surface area contributed by atoms with E-state index in [0.717, 1.165) is 6.07 Å². The molecule has 1 aromatic carbocycles. The molecule has 0 amide bonds. The zero-order chi connectivity index (χ0) is 15.6. The molecule has 0 saturated heterocycles. The van der Waals surface area contributed by atoms with Crippen LogP contribution in [0.3, 0.4) is 0 Å². The molecule has 0 aliphatic heterocycles. The number of nitrogens with one attached hydrogen (secondary N) is 1. The molecule has 0 bridgehead atoms. The van der Waals surface area contributed by atoms with Crippen LogP contribution in [-0.4, -0.2) is 26.2 Å². The summed E-state index contributed by atoms with van der Waals surface area (Å²) in [7, 11) is -3.92. The summed E-state index contributed by atoms with van der Waals surface area (Å²) in [5.74, 6) is -0.691. The van der Waals surface area contributed by atoms with Crippen molar-refractivity contribution in [2.45, 2.75) is 38.1 Å². The van der Waals surface area contributed by atoms with Crippen molar-refractivity contribution in [2.24, 2.45) is 10.6 Å². The molecule has 1 rings (SSSR count). The summed E-state index contributed by atoms with van der Waals surface area (Å²) in [5, 5.41) is 17.0. The van der Waals surface area contributed by atoms with Gasteiger partial charge in [0.15, 0.2) is 0 Å². The van der Waals surface area contributed by atoms with Gasteiger partial charge in [0.1, 0.15) is 5.82 Å². The van der Waals surface area contributed by atoms with Gasteiger partial charge in [0.05, 0.1) is 10.6 Å². The minimum Gasteiger partial charge on any atom is -0.396 e. The van der Waals surface area contributed by atoms with Crippen LogP contribution in [0.15, 0.2) is 23.1 Å². The quantitative estimate of drug-likeness (QED) is 0.771. The predicted molar refractivity (Wildman–Crippen MR) is 76.3 cm³/mol. The topological polar surface area (TPSA) is 92.4 Å². The molecule has 1 unspecified atom stereocenters. The molecule has 114 valence electrons. The second-order valence-electron chi connectivity index (χ2n) is 5.76. The van der Waals surface area contributed by atoms with Gasteiger partial charge >= 0.3 is 0 Å². The summed E-state index contributed by atoms with van der Waals surface area (Å²) in [6.07, 6.45) is 0.458. The summed E-state index contributed by atoms with van der Waals surface area (Å²) in [6, 6.07) is 3.32. The Balaban J connectivity index is 3.03. The first-order chi connectivity index (χ1) is 9.05. The zero-order valence-corrected chi connectivity index (χ0v) is 12.7. The summed E-state index contributed by atoms with van der Waals surface area (Å²) < 4.78 is 36.2. The van der Waals surface area contributed by atoms with E-state index in [1.54, 1.807) is 0 Å². The first-order valence-corrected chi connectivity index (χ1v) is 7.80. The molecule has 7 heteroatoms. The Morgan fingerprint density at radius 2 is 2.00 bits per heavy atom. The van der Waals surface area contributed by atoms with Crippen LogP contribution in [0.25, 0.3) is 0 Å². The summed E-state index contributed by atoms with van der Waals surface area (Å²) in [5.41, 5.74) is -0.000818. The highest BCUT2D eigenvalue weighted by atomic mass is 32.2. The van der Waals surface area contributed by atoms with Crippen molar-refractivity contribution < 1.29 is 17.9 Å². The molecular weight excluding hydrogens is 283 g/mol. The van der Waals surface area contributed by atoms with E-state index >= 15 is 0 Å². The highest BCUT2D eigenvalue weighted by Gasteiger charge is 2.25. The lowest BCUT2D eigenvalue weighted by Crippen LogP contribution is -2.35. The number of benzene rings is 1. The SMILES string of the molecule is CC(C)(C)C(CCO)Nc1ccc(S(N)(=O)=O)cc1F. The average Bonchev–Trinajstić information content (AvgIpc) is 2.28. The van der Waals surface area contributed by atoms with E-state index in [1.165, 1.54) is 12.1 Å². The second kappa shape index (κ2) is 6.07. The Labute approximate surface area is 119 Å². The molecule has 0 radical (unpaired) electrons. The Bertz CT molecular complexity index is 567. The molecule has 0 fully saturated rings. The summed E-state index contributed by atoms with van der Waals surface area (Å²) in [6.45, 7) is 5.89. The van der Waals surface area contributed by atoms with Crippen LogP contribution in [-0.2, 0) is 10.0 Å². The van der Waals surface area contributed by atoms with Crippen molar-refractivity contribution >= 4 is 15.7 Å². The number of rotatable bonds is 5. The molecule has 1 atom stereocenters. The Kier molecular flexibility index (Phi) is 5.12. The normalized spacial score (nSPS) is 14.1. The summed E-state index contributed by atoms with van der Waals surface area (Å²) >= 11 is 0. The Morgan fingerprint density at radius 1 is 1.40 bits per heavy atom. The molecule has 0 aromatic heterocycles. The van der Waals surface area contributed by atoms with Crippen LogP contribution in [0.1, 0.15) is 27.2 Å². The first kappa shape index (κ1) is 16.9. The fourth-order valence-corrected chi connectivity index (χ4v) is 2.35. The van der Waals surface area contributed by atoms with E-state index in [1.807, 2.05) is 20.8 Å². The zero-order valence-electron chi connectivity index (χ0n) is 11.9. The van der Waals surface area contributed by atoms with Crippen molar-refractivity contribution in [1.82, 2.24) is 0 Å². The van der Waals surface area contributed by atoms with E-state index in [2.05, 4.69) is 5.32 Å². The maximum absolute atomic E-state index is 13.9. The second-order valence-corrected chi connectivity index (χ2v) is 7.32. The van der Waals surface area contributed by atoms with Crippen LogP contribution < -0.4 is 10.5 Å². The van der Waals surface area contributed by atoms with Gasteiger partial charge < -0.3 is 10.4 Å². The Hall–Kier alpha value is -1.18. The number of primary sulfonamides is 1. The third-order valence-corrected chi connectivity index (χ3v) is 3.97. The molecular formula is C13H21FN2O3S. The van der Waals surface area contributed by atoms with Gasteiger partial charge in [0, 0.05) is 12.6 Å². The Morgan fingerprint density at radius 3 is 2.40 bits per heavy atom. The van der Waals surface area contributed by atoms with E-state index in [9.17, 15) is 12.8 Å². The maximum atomic E-state index is 13.9. The standard InChI is InChI=1S/C13H21FN2O3S/c1-13(2,3)12(6-7-17)16-11-5-4-9(8-10(11)14)20(15,18)19/h4-5,8,12,16-17H,6-7H2,1-3H3,(H2,15,18,19). The summed E-state index contributed by atoms with van der Waals surface area (Å²) in [4.78, 5) is -0.269. The van der Waals surface area contributed by atoms with Gasteiger partial charge in [-0.3, -0.25) is 0 Å². The monoisotopic (exact) mass is 304 g/mol. The highest BCUT2D eigenvalue weighted by molar-refractivity contribution is 7.89. The van der Waals surface area contributed by atoms with Crippen LogP contribution in [0.5, 0.6) is 0 Å². The van der Waals surface area contributed by atoms with Crippen LogP contribution >= 0.6 is 0 Å². The van der Waals surface area contributed by atoms with Crippen molar-refractivity contribution in [1.29, 1.82) is 0 Å². The predicted octanol–water partition coefficient (Wildman–Crippen LogP) is 1.68. The lowest BCUT2D eigenvalue weighted by molar-refractivity contribution is 0.235. The number of anilines is 1. The van der Waals surface area contributed by atoms with Gasteiger partial charge in [-0.1, -0.05) is 20.8 Å². The molecule has 0 aliphatic carbocycles. The van der Waals surface area contributed by atoms with Crippen molar-refractivity contribution in [2.75, 3.05) is 11.9 Å². The number of nitrogens with two attached hydrogens (primary N) is 1. The number of halogens is 1. The van der Waals surface area contributed by atoms with Gasteiger partial charge in [0.25, 0.3) is 0 Å².